The van der Waals surface area contributed by atoms with Crippen LogP contribution in [-0.4, -0.2) is 24.5 Å². The molecule has 0 fully saturated rings. The van der Waals surface area contributed by atoms with Crippen LogP contribution in [0.3, 0.4) is 0 Å². The molecule has 0 atom stereocenters. The highest BCUT2D eigenvalue weighted by Gasteiger charge is 2.17. The summed E-state index contributed by atoms with van der Waals surface area (Å²) in [5.41, 5.74) is 7.63. The first-order chi connectivity index (χ1) is 25.7. The van der Waals surface area contributed by atoms with Crippen molar-refractivity contribution in [1.82, 2.24) is 24.5 Å². The van der Waals surface area contributed by atoms with E-state index in [-0.39, 0.29) is 0 Å². The Kier molecular flexibility index (Phi) is 6.15. The van der Waals surface area contributed by atoms with E-state index in [0.717, 1.165) is 49.7 Å². The first-order valence-electron chi connectivity index (χ1n) is 17.3. The van der Waals surface area contributed by atoms with Gasteiger partial charge in [0.05, 0.1) is 11.0 Å². The molecule has 11 aromatic rings. The summed E-state index contributed by atoms with van der Waals surface area (Å²) in [6.45, 7) is 0. The zero-order chi connectivity index (χ0) is 34.2. The van der Waals surface area contributed by atoms with Crippen molar-refractivity contribution in [2.24, 2.45) is 0 Å². The first kappa shape index (κ1) is 28.6. The molecule has 0 saturated carbocycles. The molecular formula is C46H27N5O. The first-order valence-corrected chi connectivity index (χ1v) is 17.3. The van der Waals surface area contributed by atoms with E-state index in [0.29, 0.717) is 17.5 Å². The summed E-state index contributed by atoms with van der Waals surface area (Å²) in [5, 5.41) is 9.17. The molecule has 0 aliphatic carbocycles. The van der Waals surface area contributed by atoms with Crippen molar-refractivity contribution >= 4 is 65.3 Å². The molecule has 0 bridgehead atoms. The monoisotopic (exact) mass is 665 g/mol. The van der Waals surface area contributed by atoms with E-state index in [9.17, 15) is 0 Å². The number of rotatable bonds is 4. The van der Waals surface area contributed by atoms with Crippen molar-refractivity contribution in [3.05, 3.63) is 164 Å². The third-order valence-electron chi connectivity index (χ3n) is 10.1. The Morgan fingerprint density at radius 1 is 0.404 bits per heavy atom. The molecule has 4 aromatic heterocycles. The molecule has 0 N–H and O–H groups in total. The second kappa shape index (κ2) is 11.2. The number of para-hydroxylation sites is 2. The lowest BCUT2D eigenvalue weighted by Crippen LogP contribution is -2.00. The number of fused-ring (bicyclic) bond motifs is 9. The zero-order valence-corrected chi connectivity index (χ0v) is 27.7. The van der Waals surface area contributed by atoms with Crippen molar-refractivity contribution < 1.29 is 4.42 Å². The minimum Gasteiger partial charge on any atom is -0.456 e. The Balaban J connectivity index is 1.09. The summed E-state index contributed by atoms with van der Waals surface area (Å²) >= 11 is 0. The van der Waals surface area contributed by atoms with Crippen LogP contribution >= 0.6 is 0 Å². The van der Waals surface area contributed by atoms with Crippen LogP contribution in [0.25, 0.3) is 105 Å². The number of pyridine rings is 1. The van der Waals surface area contributed by atoms with Crippen LogP contribution in [0, 0.1) is 0 Å². The zero-order valence-electron chi connectivity index (χ0n) is 27.7. The second-order valence-electron chi connectivity index (χ2n) is 13.1. The number of furan rings is 1. The number of aromatic nitrogens is 5. The number of hydrogen-bond acceptors (Lipinski definition) is 5. The van der Waals surface area contributed by atoms with E-state index < -0.39 is 0 Å². The van der Waals surface area contributed by atoms with Crippen LogP contribution in [0.2, 0.25) is 0 Å². The Bertz CT molecular complexity index is 3140. The van der Waals surface area contributed by atoms with E-state index >= 15 is 0 Å². The molecule has 6 nitrogen and oxygen atoms in total. The maximum absolute atomic E-state index is 6.23. The van der Waals surface area contributed by atoms with E-state index in [1.165, 1.54) is 38.0 Å². The topological polar surface area (TPSA) is 69.6 Å². The molecule has 0 aliphatic rings. The minimum atomic E-state index is 0.574. The maximum atomic E-state index is 6.23. The van der Waals surface area contributed by atoms with Crippen molar-refractivity contribution in [3.8, 4) is 39.9 Å². The molecular weight excluding hydrogens is 639 g/mol. The molecule has 0 saturated heterocycles. The van der Waals surface area contributed by atoms with Crippen LogP contribution in [0.5, 0.6) is 0 Å². The molecule has 242 valence electrons. The molecule has 0 unspecified atom stereocenters. The summed E-state index contributed by atoms with van der Waals surface area (Å²) < 4.78 is 8.55. The van der Waals surface area contributed by atoms with E-state index in [1.807, 2.05) is 24.4 Å². The fraction of sp³-hybridized carbons (Fsp3) is 0. The van der Waals surface area contributed by atoms with Crippen molar-refractivity contribution in [2.45, 2.75) is 0 Å². The third kappa shape index (κ3) is 4.44. The van der Waals surface area contributed by atoms with Crippen molar-refractivity contribution in [2.75, 3.05) is 0 Å². The summed E-state index contributed by atoms with van der Waals surface area (Å²) in [5.74, 6) is 1.78. The van der Waals surface area contributed by atoms with E-state index in [2.05, 4.69) is 143 Å². The summed E-state index contributed by atoms with van der Waals surface area (Å²) in [7, 11) is 0. The van der Waals surface area contributed by atoms with Crippen molar-refractivity contribution in [1.29, 1.82) is 0 Å². The van der Waals surface area contributed by atoms with Gasteiger partial charge in [-0.05, 0) is 82.2 Å². The van der Waals surface area contributed by atoms with Gasteiger partial charge in [0.25, 0.3) is 0 Å². The minimum absolute atomic E-state index is 0.574. The predicted molar refractivity (Wildman–Crippen MR) is 211 cm³/mol. The SMILES string of the molecule is c1ccc2c(c1)ccc1ccc(-c3nc(-c4ccc(-n5c6ccccc6c6ccccc65)cc4)nc(-c4ccc5c(c4)oc4ccncc45)n3)cc12. The van der Waals surface area contributed by atoms with Gasteiger partial charge in [-0.2, -0.15) is 0 Å². The lowest BCUT2D eigenvalue weighted by atomic mass is 10.00. The smallest absolute Gasteiger partial charge is 0.164 e. The van der Waals surface area contributed by atoms with Gasteiger partial charge in [-0.25, -0.2) is 15.0 Å². The molecule has 0 spiro atoms. The largest absolute Gasteiger partial charge is 0.456 e. The average Bonchev–Trinajstić information content (AvgIpc) is 3.76. The van der Waals surface area contributed by atoms with Crippen LogP contribution < -0.4 is 0 Å². The number of nitrogens with zero attached hydrogens (tertiary/aromatic N) is 5. The van der Waals surface area contributed by atoms with Gasteiger partial charge >= 0.3 is 0 Å². The quantitative estimate of drug-likeness (QED) is 0.175. The Morgan fingerprint density at radius 2 is 0.981 bits per heavy atom. The van der Waals surface area contributed by atoms with Gasteiger partial charge in [0.15, 0.2) is 17.5 Å². The van der Waals surface area contributed by atoms with Crippen LogP contribution in [0.15, 0.2) is 168 Å². The summed E-state index contributed by atoms with van der Waals surface area (Å²) in [6.07, 6.45) is 3.59. The number of benzene rings is 7. The van der Waals surface area contributed by atoms with Crippen LogP contribution in [0.1, 0.15) is 0 Å². The standard InChI is InChI=1S/C46H27N5O/c1-2-8-34-28(7-1)13-14-29-15-16-31(25-38(29)34)45-48-44(49-46(50-45)32-19-22-37-39-27-47-24-23-42(39)52-43(37)26-32)30-17-20-33(21-18-30)51-40-11-5-3-9-35(40)36-10-4-6-12-41(36)51/h1-27H. The maximum Gasteiger partial charge on any atom is 0.164 e. The average molecular weight is 666 g/mol. The van der Waals surface area contributed by atoms with Crippen LogP contribution in [-0.2, 0) is 0 Å². The van der Waals surface area contributed by atoms with Gasteiger partial charge < -0.3 is 8.98 Å². The van der Waals surface area contributed by atoms with Gasteiger partial charge in [-0.15, -0.1) is 0 Å². The van der Waals surface area contributed by atoms with Gasteiger partial charge in [-0.1, -0.05) is 91.0 Å². The Morgan fingerprint density at radius 3 is 1.73 bits per heavy atom. The fourth-order valence-electron chi connectivity index (χ4n) is 7.62. The Labute approximate surface area is 297 Å². The van der Waals surface area contributed by atoms with E-state index in [1.54, 1.807) is 6.20 Å². The van der Waals surface area contributed by atoms with Gasteiger partial charge in [0.2, 0.25) is 0 Å². The van der Waals surface area contributed by atoms with Gasteiger partial charge in [0.1, 0.15) is 11.2 Å². The molecule has 0 amide bonds. The molecule has 0 radical (unpaired) electrons. The lowest BCUT2D eigenvalue weighted by Gasteiger charge is -2.11. The Hall–Kier alpha value is -7.18. The molecule has 11 rings (SSSR count). The highest BCUT2D eigenvalue weighted by atomic mass is 16.3. The second-order valence-corrected chi connectivity index (χ2v) is 13.1. The molecule has 4 heterocycles. The normalized spacial score (nSPS) is 11.8. The third-order valence-corrected chi connectivity index (χ3v) is 10.1. The molecule has 6 heteroatoms. The highest BCUT2D eigenvalue weighted by Crippen LogP contribution is 2.35. The highest BCUT2D eigenvalue weighted by molar-refractivity contribution is 6.10. The fourth-order valence-corrected chi connectivity index (χ4v) is 7.62. The summed E-state index contributed by atoms with van der Waals surface area (Å²) in [6, 6.07) is 52.9. The molecule has 0 aliphatic heterocycles. The van der Waals surface area contributed by atoms with Crippen LogP contribution in [0.4, 0.5) is 0 Å². The van der Waals surface area contributed by atoms with E-state index in [4.69, 9.17) is 19.4 Å². The lowest BCUT2D eigenvalue weighted by molar-refractivity contribution is 0.668. The van der Waals surface area contributed by atoms with Gasteiger partial charge in [0, 0.05) is 56.3 Å². The predicted octanol–water partition coefficient (Wildman–Crippen LogP) is 11.6. The molecule has 7 aromatic carbocycles. The van der Waals surface area contributed by atoms with Gasteiger partial charge in [-0.3, -0.25) is 4.98 Å². The summed E-state index contributed by atoms with van der Waals surface area (Å²) in [4.78, 5) is 19.6. The number of hydrogen-bond donors (Lipinski definition) is 0. The van der Waals surface area contributed by atoms with Crippen molar-refractivity contribution in [3.63, 3.8) is 0 Å². The molecule has 52 heavy (non-hydrogen) atoms.